The van der Waals surface area contributed by atoms with Crippen molar-refractivity contribution in [2.45, 2.75) is 103 Å². The highest BCUT2D eigenvalue weighted by molar-refractivity contribution is 5.94. The fourth-order valence-electron chi connectivity index (χ4n) is 6.19. The van der Waals surface area contributed by atoms with Gasteiger partial charge < -0.3 is 33.0 Å². The van der Waals surface area contributed by atoms with Crippen LogP contribution in [0.15, 0.2) is 35.1 Å². The SMILES string of the molecule is CCCCCCCCCCCCCCCCC=Cn1c(-c2cc(OC)c(OC)c(OC)c2)c(OC)c(=O)c2c(OC)cc(OC)cc21. The number of fused-ring (bicyclic) bond motifs is 1. The number of rotatable bonds is 23. The van der Waals surface area contributed by atoms with Gasteiger partial charge in [0.25, 0.3) is 0 Å². The summed E-state index contributed by atoms with van der Waals surface area (Å²) in [4.78, 5) is 14.0. The summed E-state index contributed by atoms with van der Waals surface area (Å²) in [7, 11) is 9.34. The van der Waals surface area contributed by atoms with E-state index >= 15 is 0 Å². The Morgan fingerprint density at radius 2 is 1.09 bits per heavy atom. The molecule has 0 aliphatic heterocycles. The van der Waals surface area contributed by atoms with Crippen molar-refractivity contribution in [2.24, 2.45) is 0 Å². The van der Waals surface area contributed by atoms with Gasteiger partial charge in [0, 0.05) is 23.9 Å². The van der Waals surface area contributed by atoms with Gasteiger partial charge in [0.05, 0.1) is 59.3 Å². The molecule has 47 heavy (non-hydrogen) atoms. The topological polar surface area (TPSA) is 77.4 Å². The van der Waals surface area contributed by atoms with Gasteiger partial charge in [-0.25, -0.2) is 0 Å². The molecule has 0 aliphatic carbocycles. The van der Waals surface area contributed by atoms with Crippen molar-refractivity contribution >= 4 is 17.1 Å². The maximum atomic E-state index is 14.0. The van der Waals surface area contributed by atoms with E-state index in [2.05, 4.69) is 13.0 Å². The number of unbranched alkanes of at least 4 members (excludes halogenated alkanes) is 14. The van der Waals surface area contributed by atoms with Crippen molar-refractivity contribution in [3.05, 3.63) is 40.6 Å². The molecular formula is C39H57NO7. The third-order valence-corrected chi connectivity index (χ3v) is 8.78. The zero-order valence-corrected chi connectivity index (χ0v) is 29.9. The molecule has 1 heterocycles. The number of hydrogen-bond donors (Lipinski definition) is 0. The van der Waals surface area contributed by atoms with Crippen LogP contribution in [0.4, 0.5) is 0 Å². The lowest BCUT2D eigenvalue weighted by atomic mass is 10.0. The second-order valence-electron chi connectivity index (χ2n) is 12.0. The first-order valence-electron chi connectivity index (χ1n) is 17.3. The summed E-state index contributed by atoms with van der Waals surface area (Å²) in [6.07, 6.45) is 23.7. The minimum Gasteiger partial charge on any atom is -0.497 e. The standard InChI is InChI=1S/C39H57NO7/c1-8-9-10-11-12-13-14-15-16-17-18-19-20-21-22-23-24-40-31-27-30(42-2)28-32(43-3)35(31)37(41)39(47-7)36(40)29-25-33(44-4)38(46-6)34(26-29)45-5/h23-28H,8-22H2,1-7H3. The fourth-order valence-corrected chi connectivity index (χ4v) is 6.19. The molecule has 260 valence electrons. The molecule has 1 aromatic heterocycles. The van der Waals surface area contributed by atoms with E-state index in [0.717, 1.165) is 12.8 Å². The van der Waals surface area contributed by atoms with E-state index in [4.69, 9.17) is 28.4 Å². The largest absolute Gasteiger partial charge is 0.497 e. The second kappa shape index (κ2) is 20.4. The van der Waals surface area contributed by atoms with Crippen LogP contribution in [0, 0.1) is 0 Å². The molecule has 3 aromatic rings. The van der Waals surface area contributed by atoms with Gasteiger partial charge in [-0.1, -0.05) is 96.5 Å². The van der Waals surface area contributed by atoms with Gasteiger partial charge >= 0.3 is 0 Å². The third-order valence-electron chi connectivity index (χ3n) is 8.78. The summed E-state index contributed by atoms with van der Waals surface area (Å²) in [6.45, 7) is 2.27. The monoisotopic (exact) mass is 651 g/mol. The summed E-state index contributed by atoms with van der Waals surface area (Å²) < 4.78 is 35.9. The van der Waals surface area contributed by atoms with Crippen LogP contribution in [0.25, 0.3) is 28.4 Å². The number of aromatic nitrogens is 1. The Bertz CT molecular complexity index is 1450. The Labute approximate surface area is 282 Å². The van der Waals surface area contributed by atoms with Crippen LogP contribution >= 0.6 is 0 Å². The van der Waals surface area contributed by atoms with Crippen LogP contribution in [-0.4, -0.2) is 47.2 Å². The summed E-state index contributed by atoms with van der Waals surface area (Å²) >= 11 is 0. The Morgan fingerprint density at radius 1 is 0.574 bits per heavy atom. The van der Waals surface area contributed by atoms with Crippen LogP contribution in [0.5, 0.6) is 34.5 Å². The molecular weight excluding hydrogens is 594 g/mol. The van der Waals surface area contributed by atoms with Crippen LogP contribution in [0.3, 0.4) is 0 Å². The number of pyridine rings is 1. The van der Waals surface area contributed by atoms with Crippen molar-refractivity contribution in [1.82, 2.24) is 4.57 Å². The molecule has 0 bridgehead atoms. The van der Waals surface area contributed by atoms with Crippen LogP contribution < -0.4 is 33.8 Å². The Hall–Kier alpha value is -3.81. The predicted molar refractivity (Wildman–Crippen MR) is 193 cm³/mol. The summed E-state index contributed by atoms with van der Waals surface area (Å²) in [5, 5.41) is 0.405. The lowest BCUT2D eigenvalue weighted by molar-refractivity contribution is 0.324. The molecule has 0 aliphatic rings. The van der Waals surface area contributed by atoms with Gasteiger partial charge in [0.1, 0.15) is 11.5 Å². The molecule has 0 saturated heterocycles. The summed E-state index contributed by atoms with van der Waals surface area (Å²) in [6, 6.07) is 7.20. The molecule has 0 N–H and O–H groups in total. The zero-order chi connectivity index (χ0) is 34.0. The van der Waals surface area contributed by atoms with Crippen LogP contribution in [0.1, 0.15) is 103 Å². The highest BCUT2D eigenvalue weighted by Crippen LogP contribution is 2.44. The highest BCUT2D eigenvalue weighted by Gasteiger charge is 2.24. The van der Waals surface area contributed by atoms with Gasteiger partial charge in [-0.2, -0.15) is 0 Å². The summed E-state index contributed by atoms with van der Waals surface area (Å²) in [5.74, 6) is 2.56. The molecule has 2 aromatic carbocycles. The minimum absolute atomic E-state index is 0.177. The first-order valence-corrected chi connectivity index (χ1v) is 17.3. The molecule has 0 amide bonds. The van der Waals surface area contributed by atoms with Crippen molar-refractivity contribution in [1.29, 1.82) is 0 Å². The van der Waals surface area contributed by atoms with Gasteiger partial charge in [-0.15, -0.1) is 0 Å². The van der Waals surface area contributed by atoms with Gasteiger partial charge in [-0.05, 0) is 25.0 Å². The number of benzene rings is 2. The van der Waals surface area contributed by atoms with Crippen molar-refractivity contribution < 1.29 is 28.4 Å². The maximum absolute atomic E-state index is 14.0. The van der Waals surface area contributed by atoms with E-state index < -0.39 is 0 Å². The van der Waals surface area contributed by atoms with Crippen molar-refractivity contribution in [3.63, 3.8) is 0 Å². The van der Waals surface area contributed by atoms with Crippen LogP contribution in [-0.2, 0) is 0 Å². The lowest BCUT2D eigenvalue weighted by Crippen LogP contribution is -2.15. The van der Waals surface area contributed by atoms with E-state index in [-0.39, 0.29) is 11.2 Å². The quantitative estimate of drug-likeness (QED) is 0.0945. The van der Waals surface area contributed by atoms with Crippen LogP contribution in [0.2, 0.25) is 0 Å². The Morgan fingerprint density at radius 3 is 1.55 bits per heavy atom. The van der Waals surface area contributed by atoms with E-state index in [1.54, 1.807) is 41.6 Å². The Kier molecular flexibility index (Phi) is 16.4. The first-order chi connectivity index (χ1) is 23.0. The van der Waals surface area contributed by atoms with E-state index in [0.29, 0.717) is 50.9 Å². The van der Waals surface area contributed by atoms with Crippen molar-refractivity contribution in [2.75, 3.05) is 42.7 Å². The van der Waals surface area contributed by atoms with E-state index in [1.165, 1.54) is 90.6 Å². The number of hydrogen-bond acceptors (Lipinski definition) is 7. The smallest absolute Gasteiger partial charge is 0.235 e. The predicted octanol–water partition coefficient (Wildman–Crippen LogP) is 10.1. The van der Waals surface area contributed by atoms with Crippen molar-refractivity contribution in [3.8, 4) is 45.8 Å². The molecule has 0 atom stereocenters. The number of methoxy groups -OCH3 is 6. The minimum atomic E-state index is -0.289. The maximum Gasteiger partial charge on any atom is 0.235 e. The third kappa shape index (κ3) is 10.1. The van der Waals surface area contributed by atoms with Gasteiger partial charge in [0.15, 0.2) is 17.2 Å². The molecule has 8 heteroatoms. The van der Waals surface area contributed by atoms with Gasteiger partial charge in [-0.3, -0.25) is 4.79 Å². The summed E-state index contributed by atoms with van der Waals surface area (Å²) in [5.41, 5.74) is 1.56. The lowest BCUT2D eigenvalue weighted by Gasteiger charge is -2.21. The number of allylic oxidation sites excluding steroid dienone is 1. The average molecular weight is 652 g/mol. The molecule has 3 rings (SSSR count). The van der Waals surface area contributed by atoms with Gasteiger partial charge in [0.2, 0.25) is 11.2 Å². The molecule has 0 spiro atoms. The molecule has 0 fully saturated rings. The molecule has 0 saturated carbocycles. The molecule has 0 unspecified atom stereocenters. The van der Waals surface area contributed by atoms with E-state index in [1.807, 2.05) is 29.0 Å². The van der Waals surface area contributed by atoms with E-state index in [9.17, 15) is 4.79 Å². The normalized spacial score (nSPS) is 11.3. The molecule has 0 radical (unpaired) electrons. The first kappa shape index (κ1) is 37.6. The zero-order valence-electron chi connectivity index (χ0n) is 29.9. The average Bonchev–Trinajstić information content (AvgIpc) is 3.10. The fraction of sp³-hybridized carbons (Fsp3) is 0.564. The molecule has 8 nitrogen and oxygen atoms in total. The Balaban J connectivity index is 1.81. The second-order valence-corrected chi connectivity index (χ2v) is 12.0. The highest BCUT2D eigenvalue weighted by atomic mass is 16.5. The number of nitrogens with zero attached hydrogens (tertiary/aromatic N) is 1. The number of ether oxygens (including phenoxy) is 6.